The number of allylic oxidation sites excluding steroid dienone is 4. The summed E-state index contributed by atoms with van der Waals surface area (Å²) in [7, 11) is 11.7. The van der Waals surface area contributed by atoms with Crippen LogP contribution in [0.2, 0.25) is 0 Å². The summed E-state index contributed by atoms with van der Waals surface area (Å²) in [6.45, 7) is 0. The van der Waals surface area contributed by atoms with Gasteiger partial charge in [0, 0.05) is 0 Å². The first-order valence-corrected chi connectivity index (χ1v) is 8.38. The van der Waals surface area contributed by atoms with Crippen LogP contribution in [0.25, 0.3) is 0 Å². The van der Waals surface area contributed by atoms with Gasteiger partial charge in [-0.1, -0.05) is 0 Å². The molecule has 67 valence electrons. The van der Waals surface area contributed by atoms with Gasteiger partial charge in [-0.2, -0.15) is 0 Å². The summed E-state index contributed by atoms with van der Waals surface area (Å²) in [6.07, 6.45) is 11.0. The molecular formula is C8H11Cl2Pd. The molecule has 0 N–H and O–H groups in total. The Morgan fingerprint density at radius 2 is 1.82 bits per heavy atom. The summed E-state index contributed by atoms with van der Waals surface area (Å²) in [5, 5.41) is 0. The molecule has 0 saturated carbocycles. The SMILES string of the molecule is [Cl][Pd]([Cl])[C]1=CCCC=CCC1. The topological polar surface area (TPSA) is 0 Å². The van der Waals surface area contributed by atoms with E-state index in [1.54, 1.807) is 0 Å². The van der Waals surface area contributed by atoms with Crippen LogP contribution >= 0.6 is 19.1 Å². The molecule has 0 unspecified atom stereocenters. The summed E-state index contributed by atoms with van der Waals surface area (Å²) in [5.41, 5.74) is 0. The third kappa shape index (κ3) is 3.76. The average molecular weight is 285 g/mol. The van der Waals surface area contributed by atoms with Gasteiger partial charge in [-0.15, -0.1) is 0 Å². The molecule has 0 aromatic rings. The van der Waals surface area contributed by atoms with Crippen molar-refractivity contribution in [3.8, 4) is 0 Å². The van der Waals surface area contributed by atoms with E-state index in [0.29, 0.717) is 0 Å². The molecule has 0 radical (unpaired) electrons. The van der Waals surface area contributed by atoms with E-state index in [1.807, 2.05) is 0 Å². The fraction of sp³-hybridized carbons (Fsp3) is 0.500. The molecular weight excluding hydrogens is 273 g/mol. The minimum atomic E-state index is -1.33. The van der Waals surface area contributed by atoms with E-state index in [0.717, 1.165) is 25.7 Å². The van der Waals surface area contributed by atoms with Crippen LogP contribution in [0.3, 0.4) is 0 Å². The van der Waals surface area contributed by atoms with E-state index in [1.165, 1.54) is 4.05 Å². The third-order valence-electron chi connectivity index (χ3n) is 1.54. The van der Waals surface area contributed by atoms with Gasteiger partial charge < -0.3 is 0 Å². The zero-order chi connectivity index (χ0) is 8.10. The van der Waals surface area contributed by atoms with E-state index < -0.39 is 14.7 Å². The number of hydrogen-bond donors (Lipinski definition) is 0. The van der Waals surface area contributed by atoms with Gasteiger partial charge in [0.1, 0.15) is 0 Å². The van der Waals surface area contributed by atoms with Crippen molar-refractivity contribution in [3.05, 3.63) is 22.3 Å². The predicted octanol–water partition coefficient (Wildman–Crippen LogP) is 3.93. The Labute approximate surface area is 81.5 Å². The monoisotopic (exact) mass is 283 g/mol. The van der Waals surface area contributed by atoms with Gasteiger partial charge in [-0.05, 0) is 0 Å². The van der Waals surface area contributed by atoms with E-state index in [9.17, 15) is 0 Å². The van der Waals surface area contributed by atoms with Crippen LogP contribution in [0.5, 0.6) is 0 Å². The van der Waals surface area contributed by atoms with Gasteiger partial charge in [0.25, 0.3) is 0 Å². The second-order valence-corrected chi connectivity index (χ2v) is 7.72. The van der Waals surface area contributed by atoms with Gasteiger partial charge in [0.05, 0.1) is 0 Å². The maximum absolute atomic E-state index is 5.87. The van der Waals surface area contributed by atoms with Crippen molar-refractivity contribution >= 4 is 19.1 Å². The molecule has 0 amide bonds. The van der Waals surface area contributed by atoms with Gasteiger partial charge in [-0.3, -0.25) is 0 Å². The fourth-order valence-electron chi connectivity index (χ4n) is 0.986. The van der Waals surface area contributed by atoms with Gasteiger partial charge in [0.15, 0.2) is 0 Å². The molecule has 0 spiro atoms. The van der Waals surface area contributed by atoms with Crippen LogP contribution < -0.4 is 0 Å². The molecule has 0 saturated heterocycles. The van der Waals surface area contributed by atoms with Gasteiger partial charge >= 0.3 is 81.7 Å². The van der Waals surface area contributed by atoms with Crippen molar-refractivity contribution < 1.29 is 14.7 Å². The van der Waals surface area contributed by atoms with Crippen molar-refractivity contribution in [3.63, 3.8) is 0 Å². The van der Waals surface area contributed by atoms with Gasteiger partial charge in [0.2, 0.25) is 0 Å². The van der Waals surface area contributed by atoms with E-state index in [-0.39, 0.29) is 0 Å². The summed E-state index contributed by atoms with van der Waals surface area (Å²) >= 11 is -1.33. The normalized spacial score (nSPS) is 20.2. The Kier molecular flexibility index (Phi) is 4.80. The summed E-state index contributed by atoms with van der Waals surface area (Å²) in [4.78, 5) is 0. The van der Waals surface area contributed by atoms with Crippen molar-refractivity contribution in [2.45, 2.75) is 25.7 Å². The first-order chi connectivity index (χ1) is 5.30. The Morgan fingerprint density at radius 3 is 2.55 bits per heavy atom. The summed E-state index contributed by atoms with van der Waals surface area (Å²) in [5.74, 6) is 0. The first kappa shape index (κ1) is 9.81. The second kappa shape index (κ2) is 5.38. The van der Waals surface area contributed by atoms with Gasteiger partial charge in [-0.25, -0.2) is 0 Å². The Balaban J connectivity index is 2.50. The van der Waals surface area contributed by atoms with Crippen molar-refractivity contribution in [1.29, 1.82) is 0 Å². The number of rotatable bonds is 1. The van der Waals surface area contributed by atoms with E-state index >= 15 is 0 Å². The van der Waals surface area contributed by atoms with Crippen LogP contribution in [0.4, 0.5) is 0 Å². The molecule has 0 bridgehead atoms. The molecule has 0 nitrogen and oxygen atoms in total. The quantitative estimate of drug-likeness (QED) is 0.505. The van der Waals surface area contributed by atoms with Crippen LogP contribution in [0.15, 0.2) is 22.3 Å². The van der Waals surface area contributed by atoms with Crippen molar-refractivity contribution in [2.24, 2.45) is 0 Å². The molecule has 3 heteroatoms. The zero-order valence-corrected chi connectivity index (χ0v) is 9.20. The maximum atomic E-state index is 5.87. The molecule has 0 fully saturated rings. The fourth-order valence-corrected chi connectivity index (χ4v) is 3.25. The van der Waals surface area contributed by atoms with Crippen LogP contribution in [-0.2, 0) is 14.7 Å². The molecule has 11 heavy (non-hydrogen) atoms. The Hall–Kier alpha value is 0.722. The van der Waals surface area contributed by atoms with Crippen LogP contribution in [0, 0.1) is 0 Å². The summed E-state index contributed by atoms with van der Waals surface area (Å²) < 4.78 is 1.30. The molecule has 1 rings (SSSR count). The van der Waals surface area contributed by atoms with E-state index in [4.69, 9.17) is 19.1 Å². The van der Waals surface area contributed by atoms with E-state index in [2.05, 4.69) is 18.2 Å². The van der Waals surface area contributed by atoms with Crippen molar-refractivity contribution in [2.75, 3.05) is 0 Å². The second-order valence-electron chi connectivity index (χ2n) is 2.36. The molecule has 1 aliphatic carbocycles. The third-order valence-corrected chi connectivity index (χ3v) is 4.82. The molecule has 0 heterocycles. The zero-order valence-electron chi connectivity index (χ0n) is 6.13. The molecule has 0 aromatic heterocycles. The molecule has 0 aliphatic heterocycles. The Bertz CT molecular complexity index is 173. The molecule has 1 aliphatic rings. The minimum absolute atomic E-state index is 1.06. The number of hydrogen-bond acceptors (Lipinski definition) is 0. The van der Waals surface area contributed by atoms with Crippen molar-refractivity contribution in [1.82, 2.24) is 0 Å². The summed E-state index contributed by atoms with van der Waals surface area (Å²) in [6, 6.07) is 0. The van der Waals surface area contributed by atoms with Crippen LogP contribution in [-0.4, -0.2) is 0 Å². The Morgan fingerprint density at radius 1 is 1.09 bits per heavy atom. The standard InChI is InChI=1S/C8H11.2ClH.Pd/c1-2-4-6-8-7-5-3-1;;;/h1-2,7H,3-6H2;2*1H;/q;;;+2/p-2. The average Bonchev–Trinajstić information content (AvgIpc) is 1.84. The first-order valence-electron chi connectivity index (χ1n) is 3.60. The molecule has 0 aromatic carbocycles. The van der Waals surface area contributed by atoms with Crippen LogP contribution in [0.1, 0.15) is 25.7 Å². The predicted molar refractivity (Wildman–Crippen MR) is 47.4 cm³/mol. The molecule has 0 atom stereocenters. The number of halogens is 2.